The van der Waals surface area contributed by atoms with Crippen molar-refractivity contribution >= 4 is 17.7 Å². The number of primary amides is 1. The van der Waals surface area contributed by atoms with Gasteiger partial charge in [-0.1, -0.05) is 17.8 Å². The molecule has 0 saturated carbocycles. The van der Waals surface area contributed by atoms with E-state index < -0.39 is 0 Å². The van der Waals surface area contributed by atoms with Crippen LogP contribution in [0.2, 0.25) is 0 Å². The monoisotopic (exact) mass is 182 g/mol. The van der Waals surface area contributed by atoms with Crippen LogP contribution in [0.5, 0.6) is 0 Å². The van der Waals surface area contributed by atoms with Gasteiger partial charge in [0.15, 0.2) is 0 Å². The van der Waals surface area contributed by atoms with Crippen LogP contribution in [-0.4, -0.2) is 16.1 Å². The van der Waals surface area contributed by atoms with Gasteiger partial charge in [-0.15, -0.1) is 0 Å². The number of pyridine rings is 1. The summed E-state index contributed by atoms with van der Waals surface area (Å²) in [5.41, 5.74) is 5.10. The van der Waals surface area contributed by atoms with E-state index in [9.17, 15) is 4.79 Å². The van der Waals surface area contributed by atoms with Crippen LogP contribution in [0.1, 0.15) is 6.92 Å². The average molecular weight is 182 g/mol. The van der Waals surface area contributed by atoms with Crippen molar-refractivity contribution in [1.82, 2.24) is 4.98 Å². The molecule has 0 radical (unpaired) electrons. The zero-order chi connectivity index (χ0) is 8.97. The van der Waals surface area contributed by atoms with Gasteiger partial charge >= 0.3 is 0 Å². The zero-order valence-corrected chi connectivity index (χ0v) is 7.54. The van der Waals surface area contributed by atoms with Crippen LogP contribution < -0.4 is 5.73 Å². The van der Waals surface area contributed by atoms with Gasteiger partial charge in [0.2, 0.25) is 5.91 Å². The second-order valence-electron chi connectivity index (χ2n) is 2.33. The minimum Gasteiger partial charge on any atom is -0.369 e. The Labute approximate surface area is 75.4 Å². The van der Waals surface area contributed by atoms with E-state index in [0.29, 0.717) is 0 Å². The number of nitrogens with zero attached hydrogens (tertiary/aromatic N) is 1. The molecule has 1 amide bonds. The van der Waals surface area contributed by atoms with Crippen LogP contribution >= 0.6 is 11.8 Å². The molecular formula is C8H10N2OS. The molecule has 0 aliphatic rings. The zero-order valence-electron chi connectivity index (χ0n) is 6.73. The Hall–Kier alpha value is -1.03. The van der Waals surface area contributed by atoms with Gasteiger partial charge in [0.1, 0.15) is 0 Å². The van der Waals surface area contributed by atoms with Gasteiger partial charge in [0, 0.05) is 6.20 Å². The van der Waals surface area contributed by atoms with Crippen molar-refractivity contribution in [2.24, 2.45) is 5.73 Å². The fourth-order valence-corrected chi connectivity index (χ4v) is 1.41. The van der Waals surface area contributed by atoms with Crippen molar-refractivity contribution in [3.8, 4) is 0 Å². The van der Waals surface area contributed by atoms with Crippen LogP contribution in [0.3, 0.4) is 0 Å². The molecule has 64 valence electrons. The van der Waals surface area contributed by atoms with Crippen LogP contribution in [0, 0.1) is 0 Å². The number of amides is 1. The number of carbonyl (C=O) groups is 1. The topological polar surface area (TPSA) is 56.0 Å². The van der Waals surface area contributed by atoms with E-state index in [-0.39, 0.29) is 11.2 Å². The second-order valence-corrected chi connectivity index (χ2v) is 3.69. The number of aromatic nitrogens is 1. The van der Waals surface area contributed by atoms with Crippen LogP contribution in [0.15, 0.2) is 29.4 Å². The fourth-order valence-electron chi connectivity index (χ4n) is 0.656. The normalized spacial score (nSPS) is 12.4. The quantitative estimate of drug-likeness (QED) is 0.711. The van der Waals surface area contributed by atoms with Gasteiger partial charge in [-0.25, -0.2) is 4.98 Å². The summed E-state index contributed by atoms with van der Waals surface area (Å²) in [4.78, 5) is 14.7. The largest absolute Gasteiger partial charge is 0.369 e. The molecule has 0 aliphatic carbocycles. The highest BCUT2D eigenvalue weighted by molar-refractivity contribution is 8.00. The first-order valence-electron chi connectivity index (χ1n) is 3.57. The summed E-state index contributed by atoms with van der Waals surface area (Å²) in [6.45, 7) is 1.77. The molecule has 1 aromatic heterocycles. The maximum atomic E-state index is 10.7. The molecule has 4 heteroatoms. The van der Waals surface area contributed by atoms with E-state index in [2.05, 4.69) is 4.98 Å². The van der Waals surface area contributed by atoms with E-state index in [1.807, 2.05) is 18.2 Å². The highest BCUT2D eigenvalue weighted by Crippen LogP contribution is 2.19. The molecule has 1 aromatic rings. The molecule has 0 fully saturated rings. The predicted molar refractivity (Wildman–Crippen MR) is 48.8 cm³/mol. The Morgan fingerprint density at radius 3 is 2.92 bits per heavy atom. The molecule has 1 rings (SSSR count). The number of hydrogen-bond acceptors (Lipinski definition) is 3. The van der Waals surface area contributed by atoms with Crippen LogP contribution in [-0.2, 0) is 4.79 Å². The molecular weight excluding hydrogens is 172 g/mol. The number of thioether (sulfide) groups is 1. The molecule has 0 aromatic carbocycles. The highest BCUT2D eigenvalue weighted by Gasteiger charge is 2.09. The Morgan fingerprint density at radius 1 is 1.67 bits per heavy atom. The lowest BCUT2D eigenvalue weighted by molar-refractivity contribution is -0.117. The molecule has 0 saturated heterocycles. The van der Waals surface area contributed by atoms with Crippen molar-refractivity contribution in [2.75, 3.05) is 0 Å². The summed E-state index contributed by atoms with van der Waals surface area (Å²) in [6.07, 6.45) is 1.69. The summed E-state index contributed by atoms with van der Waals surface area (Å²) in [7, 11) is 0. The SMILES string of the molecule is CC(Sc1ccccn1)C(N)=O. The van der Waals surface area contributed by atoms with E-state index >= 15 is 0 Å². The van der Waals surface area contributed by atoms with Crippen molar-refractivity contribution in [2.45, 2.75) is 17.2 Å². The number of rotatable bonds is 3. The van der Waals surface area contributed by atoms with Crippen molar-refractivity contribution in [1.29, 1.82) is 0 Å². The Kier molecular flexibility index (Phi) is 3.10. The lowest BCUT2D eigenvalue weighted by Gasteiger charge is -2.04. The minimum absolute atomic E-state index is 0.222. The first-order valence-corrected chi connectivity index (χ1v) is 4.45. The van der Waals surface area contributed by atoms with Crippen LogP contribution in [0.4, 0.5) is 0 Å². The van der Waals surface area contributed by atoms with E-state index in [4.69, 9.17) is 5.73 Å². The third-order valence-electron chi connectivity index (χ3n) is 1.34. The molecule has 0 bridgehead atoms. The molecule has 0 spiro atoms. The molecule has 2 N–H and O–H groups in total. The van der Waals surface area contributed by atoms with Crippen molar-refractivity contribution < 1.29 is 4.79 Å². The molecule has 1 atom stereocenters. The first kappa shape index (κ1) is 9.06. The molecule has 1 heterocycles. The summed E-state index contributed by atoms with van der Waals surface area (Å²) >= 11 is 1.37. The summed E-state index contributed by atoms with van der Waals surface area (Å²) in [6, 6.07) is 5.56. The Balaban J connectivity index is 2.58. The van der Waals surface area contributed by atoms with E-state index in [1.54, 1.807) is 13.1 Å². The second kappa shape index (κ2) is 4.11. The lowest BCUT2D eigenvalue weighted by Crippen LogP contribution is -2.22. The van der Waals surface area contributed by atoms with E-state index in [0.717, 1.165) is 5.03 Å². The molecule has 0 aliphatic heterocycles. The maximum Gasteiger partial charge on any atom is 0.230 e. The number of carbonyl (C=O) groups excluding carboxylic acids is 1. The summed E-state index contributed by atoms with van der Waals surface area (Å²) in [5, 5.41) is 0.601. The van der Waals surface area contributed by atoms with Crippen molar-refractivity contribution in [3.05, 3.63) is 24.4 Å². The maximum absolute atomic E-state index is 10.7. The third-order valence-corrected chi connectivity index (χ3v) is 2.40. The Morgan fingerprint density at radius 2 is 2.42 bits per heavy atom. The summed E-state index contributed by atoms with van der Waals surface area (Å²) in [5.74, 6) is -0.314. The van der Waals surface area contributed by atoms with Gasteiger partial charge in [-0.05, 0) is 19.1 Å². The van der Waals surface area contributed by atoms with Gasteiger partial charge in [0.25, 0.3) is 0 Å². The molecule has 1 unspecified atom stereocenters. The van der Waals surface area contributed by atoms with Gasteiger partial charge < -0.3 is 5.73 Å². The predicted octanol–water partition coefficient (Wildman–Crippen LogP) is 1.05. The lowest BCUT2D eigenvalue weighted by atomic mass is 10.5. The smallest absolute Gasteiger partial charge is 0.230 e. The molecule has 12 heavy (non-hydrogen) atoms. The van der Waals surface area contributed by atoms with Crippen LogP contribution in [0.25, 0.3) is 0 Å². The highest BCUT2D eigenvalue weighted by atomic mass is 32.2. The first-order chi connectivity index (χ1) is 5.70. The Bertz CT molecular complexity index is 263. The average Bonchev–Trinajstić information content (AvgIpc) is 2.06. The van der Waals surface area contributed by atoms with E-state index in [1.165, 1.54) is 11.8 Å². The van der Waals surface area contributed by atoms with Gasteiger partial charge in [-0.2, -0.15) is 0 Å². The van der Waals surface area contributed by atoms with Gasteiger partial charge in [0.05, 0.1) is 10.3 Å². The number of nitrogens with two attached hydrogens (primary N) is 1. The van der Waals surface area contributed by atoms with Crippen molar-refractivity contribution in [3.63, 3.8) is 0 Å². The summed E-state index contributed by atoms with van der Waals surface area (Å²) < 4.78 is 0. The number of hydrogen-bond donors (Lipinski definition) is 1. The van der Waals surface area contributed by atoms with Gasteiger partial charge in [-0.3, -0.25) is 4.79 Å². The standard InChI is InChI=1S/C8H10N2OS/c1-6(8(9)11)12-7-4-2-3-5-10-7/h2-6H,1H3,(H2,9,11). The fraction of sp³-hybridized carbons (Fsp3) is 0.250. The minimum atomic E-state index is -0.314. The third kappa shape index (κ3) is 2.54. The molecule has 3 nitrogen and oxygen atoms in total.